The van der Waals surface area contributed by atoms with E-state index in [1.165, 1.54) is 9.75 Å². The van der Waals surface area contributed by atoms with Crippen LogP contribution in [-0.4, -0.2) is 17.6 Å². The number of aromatic nitrogens is 1. The topological polar surface area (TPSA) is 37.0 Å². The van der Waals surface area contributed by atoms with Gasteiger partial charge in [0.25, 0.3) is 0 Å². The second-order valence-electron chi connectivity index (χ2n) is 4.75. The van der Waals surface area contributed by atoms with Crippen molar-refractivity contribution in [1.82, 2.24) is 4.98 Å². The summed E-state index contributed by atoms with van der Waals surface area (Å²) in [5, 5.41) is 6.78. The van der Waals surface area contributed by atoms with E-state index in [4.69, 9.17) is 0 Å². The molecule has 0 amide bonds. The van der Waals surface area contributed by atoms with Crippen molar-refractivity contribution in [3.63, 3.8) is 0 Å². The fraction of sp³-hybridized carbons (Fsp3) is 0.400. The Morgan fingerprint density at radius 1 is 1.26 bits per heavy atom. The van der Waals surface area contributed by atoms with Gasteiger partial charge in [-0.15, -0.1) is 11.3 Å². The molecular weight excluding hydrogens is 254 g/mol. The first-order valence-electron chi connectivity index (χ1n) is 6.68. The van der Waals surface area contributed by atoms with Gasteiger partial charge >= 0.3 is 0 Å². The molecule has 0 aromatic carbocycles. The minimum absolute atomic E-state index is 0.400. The lowest BCUT2D eigenvalue weighted by molar-refractivity contribution is 0.799. The number of aryl methyl sites for hydroxylation is 1. The molecule has 0 saturated heterocycles. The molecule has 0 aliphatic rings. The molecule has 4 heteroatoms. The minimum Gasteiger partial charge on any atom is -0.384 e. The smallest absolute Gasteiger partial charge is 0.0549 e. The van der Waals surface area contributed by atoms with Crippen molar-refractivity contribution in [2.75, 3.05) is 17.2 Å². The Hall–Kier alpha value is -1.55. The summed E-state index contributed by atoms with van der Waals surface area (Å²) in [5.41, 5.74) is 2.13. The van der Waals surface area contributed by atoms with Gasteiger partial charge in [0.2, 0.25) is 0 Å². The number of rotatable bonds is 6. The van der Waals surface area contributed by atoms with E-state index in [1.54, 1.807) is 0 Å². The SMILES string of the molecule is CCNc1cncc(NC(C)Cc2ccc(C)s2)c1. The van der Waals surface area contributed by atoms with Gasteiger partial charge < -0.3 is 10.6 Å². The Morgan fingerprint density at radius 2 is 2.05 bits per heavy atom. The summed E-state index contributed by atoms with van der Waals surface area (Å²) in [6.07, 6.45) is 4.77. The van der Waals surface area contributed by atoms with Gasteiger partial charge in [-0.2, -0.15) is 0 Å². The van der Waals surface area contributed by atoms with Crippen LogP contribution < -0.4 is 10.6 Å². The van der Waals surface area contributed by atoms with Crippen molar-refractivity contribution >= 4 is 22.7 Å². The third kappa shape index (κ3) is 4.24. The number of thiophene rings is 1. The molecule has 0 aliphatic carbocycles. The Kier molecular flexibility index (Phi) is 4.80. The Morgan fingerprint density at radius 3 is 2.74 bits per heavy atom. The van der Waals surface area contributed by atoms with E-state index in [0.717, 1.165) is 24.3 Å². The number of anilines is 2. The summed E-state index contributed by atoms with van der Waals surface area (Å²) in [5.74, 6) is 0. The van der Waals surface area contributed by atoms with Gasteiger partial charge in [-0.3, -0.25) is 4.98 Å². The summed E-state index contributed by atoms with van der Waals surface area (Å²) >= 11 is 1.87. The standard InChI is InChI=1S/C15H21N3S/c1-4-17-13-8-14(10-16-9-13)18-11(2)7-15-6-5-12(3)19-15/h5-6,8-11,17-18H,4,7H2,1-3H3. The maximum Gasteiger partial charge on any atom is 0.0549 e. The van der Waals surface area contributed by atoms with Crippen molar-refractivity contribution in [1.29, 1.82) is 0 Å². The molecule has 19 heavy (non-hydrogen) atoms. The van der Waals surface area contributed by atoms with Gasteiger partial charge in [-0.1, -0.05) is 0 Å². The van der Waals surface area contributed by atoms with Crippen LogP contribution in [-0.2, 0) is 6.42 Å². The summed E-state index contributed by atoms with van der Waals surface area (Å²) in [6, 6.07) is 6.90. The molecule has 0 fully saturated rings. The van der Waals surface area contributed by atoms with Gasteiger partial charge in [0.1, 0.15) is 0 Å². The first-order chi connectivity index (χ1) is 9.17. The van der Waals surface area contributed by atoms with Gasteiger partial charge in [-0.05, 0) is 39.0 Å². The number of hydrogen-bond donors (Lipinski definition) is 2. The van der Waals surface area contributed by atoms with Gasteiger partial charge in [0.05, 0.1) is 23.8 Å². The van der Waals surface area contributed by atoms with Crippen molar-refractivity contribution in [3.05, 3.63) is 40.3 Å². The lowest BCUT2D eigenvalue weighted by atomic mass is 10.2. The molecule has 0 radical (unpaired) electrons. The molecule has 0 spiro atoms. The zero-order valence-electron chi connectivity index (χ0n) is 11.7. The third-order valence-corrected chi connectivity index (χ3v) is 3.86. The highest BCUT2D eigenvalue weighted by Crippen LogP contribution is 2.19. The van der Waals surface area contributed by atoms with Crippen LogP contribution in [0.15, 0.2) is 30.6 Å². The molecule has 2 N–H and O–H groups in total. The van der Waals surface area contributed by atoms with Crippen LogP contribution in [0.25, 0.3) is 0 Å². The van der Waals surface area contributed by atoms with Crippen LogP contribution in [0.1, 0.15) is 23.6 Å². The first kappa shape index (κ1) is 13.9. The highest BCUT2D eigenvalue weighted by molar-refractivity contribution is 7.11. The lowest BCUT2D eigenvalue weighted by Gasteiger charge is -2.15. The van der Waals surface area contributed by atoms with Crippen LogP contribution in [0.5, 0.6) is 0 Å². The molecule has 2 rings (SSSR count). The normalized spacial score (nSPS) is 12.2. The highest BCUT2D eigenvalue weighted by atomic mass is 32.1. The van der Waals surface area contributed by atoms with Crippen LogP contribution in [0.2, 0.25) is 0 Å². The monoisotopic (exact) mass is 275 g/mol. The molecule has 2 aromatic heterocycles. The third-order valence-electron chi connectivity index (χ3n) is 2.84. The van der Waals surface area contributed by atoms with Crippen LogP contribution >= 0.6 is 11.3 Å². The second-order valence-corrected chi connectivity index (χ2v) is 6.13. The highest BCUT2D eigenvalue weighted by Gasteiger charge is 2.06. The van der Waals surface area contributed by atoms with Crippen LogP contribution in [0.3, 0.4) is 0 Å². The van der Waals surface area contributed by atoms with E-state index >= 15 is 0 Å². The van der Waals surface area contributed by atoms with E-state index in [9.17, 15) is 0 Å². The van der Waals surface area contributed by atoms with E-state index in [0.29, 0.717) is 6.04 Å². The number of pyridine rings is 1. The van der Waals surface area contributed by atoms with E-state index in [-0.39, 0.29) is 0 Å². The fourth-order valence-corrected chi connectivity index (χ4v) is 3.07. The summed E-state index contributed by atoms with van der Waals surface area (Å²) in [4.78, 5) is 7.04. The Balaban J connectivity index is 1.94. The first-order valence-corrected chi connectivity index (χ1v) is 7.50. The number of nitrogens with one attached hydrogen (secondary N) is 2. The summed E-state index contributed by atoms with van der Waals surface area (Å²) < 4.78 is 0. The zero-order valence-corrected chi connectivity index (χ0v) is 12.6. The molecule has 0 bridgehead atoms. The predicted octanol–water partition coefficient (Wildman–Crippen LogP) is 3.93. The van der Waals surface area contributed by atoms with E-state index < -0.39 is 0 Å². The van der Waals surface area contributed by atoms with Crippen molar-refractivity contribution in [2.24, 2.45) is 0 Å². The average molecular weight is 275 g/mol. The molecular formula is C15H21N3S. The van der Waals surface area contributed by atoms with Gasteiger partial charge in [0, 0.05) is 28.8 Å². The largest absolute Gasteiger partial charge is 0.384 e. The Labute approximate surface area is 119 Å². The van der Waals surface area contributed by atoms with Crippen molar-refractivity contribution in [2.45, 2.75) is 33.2 Å². The van der Waals surface area contributed by atoms with Crippen molar-refractivity contribution < 1.29 is 0 Å². The molecule has 1 atom stereocenters. The molecule has 3 nitrogen and oxygen atoms in total. The predicted molar refractivity (Wildman–Crippen MR) is 84.2 cm³/mol. The minimum atomic E-state index is 0.400. The number of hydrogen-bond acceptors (Lipinski definition) is 4. The molecule has 0 saturated carbocycles. The van der Waals surface area contributed by atoms with Gasteiger partial charge in [-0.25, -0.2) is 0 Å². The molecule has 2 heterocycles. The summed E-state index contributed by atoms with van der Waals surface area (Å²) in [7, 11) is 0. The number of nitrogens with zero attached hydrogens (tertiary/aromatic N) is 1. The van der Waals surface area contributed by atoms with Crippen LogP contribution in [0, 0.1) is 6.92 Å². The molecule has 2 aromatic rings. The average Bonchev–Trinajstić information content (AvgIpc) is 2.75. The second kappa shape index (κ2) is 6.57. The van der Waals surface area contributed by atoms with Gasteiger partial charge in [0.15, 0.2) is 0 Å². The van der Waals surface area contributed by atoms with Crippen LogP contribution in [0.4, 0.5) is 11.4 Å². The maximum atomic E-state index is 4.25. The molecule has 102 valence electrons. The Bertz CT molecular complexity index is 522. The summed E-state index contributed by atoms with van der Waals surface area (Å²) in [6.45, 7) is 7.35. The molecule has 1 unspecified atom stereocenters. The van der Waals surface area contributed by atoms with Crippen molar-refractivity contribution in [3.8, 4) is 0 Å². The van der Waals surface area contributed by atoms with E-state index in [1.807, 2.05) is 23.7 Å². The quantitative estimate of drug-likeness (QED) is 0.839. The molecule has 0 aliphatic heterocycles. The fourth-order valence-electron chi connectivity index (χ4n) is 2.05. The van der Waals surface area contributed by atoms with E-state index in [2.05, 4.69) is 54.6 Å². The zero-order chi connectivity index (χ0) is 13.7. The lowest BCUT2D eigenvalue weighted by Crippen LogP contribution is -2.17. The maximum absolute atomic E-state index is 4.25.